The van der Waals surface area contributed by atoms with Crippen molar-refractivity contribution in [3.63, 3.8) is 0 Å². The largest absolute Gasteiger partial charge is 0.416 e. The van der Waals surface area contributed by atoms with Crippen LogP contribution < -0.4 is 5.32 Å². The molecule has 0 atom stereocenters. The third-order valence-corrected chi connectivity index (χ3v) is 2.76. The number of anilines is 1. The minimum Gasteiger partial charge on any atom is -0.323 e. The summed E-state index contributed by atoms with van der Waals surface area (Å²) in [6, 6.07) is 4.37. The standard InChI is InChI=1S/C12H9ClF3N3O/c13-9-3-2-8(12(14,15)16)6-10(9)18-11(20)7-19-5-1-4-17-19/h1-6H,7H2,(H,18,20). The SMILES string of the molecule is O=C(Cn1cccn1)Nc1cc(C(F)(F)F)ccc1Cl. The van der Waals surface area contributed by atoms with E-state index in [1.54, 1.807) is 12.3 Å². The Labute approximate surface area is 117 Å². The molecule has 2 aromatic rings. The van der Waals surface area contributed by atoms with Crippen molar-refractivity contribution in [1.29, 1.82) is 0 Å². The van der Waals surface area contributed by atoms with Crippen LogP contribution in [-0.4, -0.2) is 15.7 Å². The number of nitrogens with zero attached hydrogens (tertiary/aromatic N) is 2. The molecule has 0 aliphatic rings. The van der Waals surface area contributed by atoms with Gasteiger partial charge in [0.2, 0.25) is 5.91 Å². The predicted molar refractivity (Wildman–Crippen MR) is 67.3 cm³/mol. The third-order valence-electron chi connectivity index (χ3n) is 2.43. The molecule has 1 heterocycles. The maximum atomic E-state index is 12.6. The smallest absolute Gasteiger partial charge is 0.323 e. The predicted octanol–water partition coefficient (Wildman–Crippen LogP) is 3.19. The van der Waals surface area contributed by atoms with Gasteiger partial charge < -0.3 is 5.32 Å². The van der Waals surface area contributed by atoms with Crippen molar-refractivity contribution in [2.24, 2.45) is 0 Å². The molecule has 4 nitrogen and oxygen atoms in total. The first-order valence-corrected chi connectivity index (χ1v) is 5.88. The fraction of sp³-hybridized carbons (Fsp3) is 0.167. The molecular formula is C12H9ClF3N3O. The van der Waals surface area contributed by atoms with E-state index in [0.717, 1.165) is 18.2 Å². The molecule has 0 radical (unpaired) electrons. The van der Waals surface area contributed by atoms with E-state index in [1.165, 1.54) is 10.9 Å². The first-order chi connectivity index (χ1) is 9.36. The van der Waals surface area contributed by atoms with Crippen LogP contribution in [0.2, 0.25) is 5.02 Å². The Hall–Kier alpha value is -2.02. The van der Waals surface area contributed by atoms with Crippen molar-refractivity contribution >= 4 is 23.2 Å². The van der Waals surface area contributed by atoms with Gasteiger partial charge in [0, 0.05) is 12.4 Å². The third kappa shape index (κ3) is 3.51. The Morgan fingerprint density at radius 3 is 2.75 bits per heavy atom. The quantitative estimate of drug-likeness (QED) is 0.946. The van der Waals surface area contributed by atoms with E-state index in [0.29, 0.717) is 0 Å². The minimum absolute atomic E-state index is 0.0341. The monoisotopic (exact) mass is 303 g/mol. The van der Waals surface area contributed by atoms with Crippen LogP contribution in [0.4, 0.5) is 18.9 Å². The van der Waals surface area contributed by atoms with Crippen LogP contribution in [0.15, 0.2) is 36.7 Å². The van der Waals surface area contributed by atoms with Crippen molar-refractivity contribution in [2.45, 2.75) is 12.7 Å². The zero-order valence-electron chi connectivity index (χ0n) is 9.99. The molecule has 0 saturated carbocycles. The normalized spacial score (nSPS) is 11.4. The van der Waals surface area contributed by atoms with E-state index in [4.69, 9.17) is 11.6 Å². The van der Waals surface area contributed by atoms with Gasteiger partial charge in [-0.3, -0.25) is 9.48 Å². The van der Waals surface area contributed by atoms with E-state index >= 15 is 0 Å². The molecule has 8 heteroatoms. The molecule has 0 spiro atoms. The van der Waals surface area contributed by atoms with Crippen LogP contribution in [0.1, 0.15) is 5.56 Å². The summed E-state index contributed by atoms with van der Waals surface area (Å²) in [6.07, 6.45) is -1.44. The molecule has 1 aromatic heterocycles. The van der Waals surface area contributed by atoms with Crippen molar-refractivity contribution in [1.82, 2.24) is 9.78 Å². The lowest BCUT2D eigenvalue weighted by Crippen LogP contribution is -2.19. The van der Waals surface area contributed by atoms with Crippen LogP contribution >= 0.6 is 11.6 Å². The number of hydrogen-bond donors (Lipinski definition) is 1. The van der Waals surface area contributed by atoms with Crippen molar-refractivity contribution < 1.29 is 18.0 Å². The molecule has 0 fully saturated rings. The first-order valence-electron chi connectivity index (χ1n) is 5.50. The highest BCUT2D eigenvalue weighted by Gasteiger charge is 2.31. The Morgan fingerprint density at radius 2 is 2.15 bits per heavy atom. The highest BCUT2D eigenvalue weighted by Crippen LogP contribution is 2.33. The maximum absolute atomic E-state index is 12.6. The summed E-state index contributed by atoms with van der Waals surface area (Å²) in [7, 11) is 0. The van der Waals surface area contributed by atoms with Crippen molar-refractivity contribution in [2.75, 3.05) is 5.32 Å². The Bertz CT molecular complexity index is 611. The average Bonchev–Trinajstić information content (AvgIpc) is 2.83. The van der Waals surface area contributed by atoms with Crippen molar-refractivity contribution in [3.05, 3.63) is 47.2 Å². The second-order valence-electron chi connectivity index (χ2n) is 3.94. The van der Waals surface area contributed by atoms with Crippen LogP contribution in [0, 0.1) is 0 Å². The lowest BCUT2D eigenvalue weighted by atomic mass is 10.2. The number of alkyl halides is 3. The van der Waals surface area contributed by atoms with Gasteiger partial charge in [-0.15, -0.1) is 0 Å². The summed E-state index contributed by atoms with van der Waals surface area (Å²) in [5, 5.41) is 6.18. The van der Waals surface area contributed by atoms with E-state index in [2.05, 4.69) is 10.4 Å². The molecule has 1 N–H and O–H groups in total. The van der Waals surface area contributed by atoms with Crippen LogP contribution in [-0.2, 0) is 17.5 Å². The highest BCUT2D eigenvalue weighted by molar-refractivity contribution is 6.33. The van der Waals surface area contributed by atoms with E-state index < -0.39 is 17.6 Å². The van der Waals surface area contributed by atoms with Gasteiger partial charge in [0.05, 0.1) is 16.3 Å². The molecule has 0 bridgehead atoms. The summed E-state index contributed by atoms with van der Waals surface area (Å²) in [4.78, 5) is 11.7. The van der Waals surface area contributed by atoms with Crippen LogP contribution in [0.5, 0.6) is 0 Å². The molecule has 1 aromatic carbocycles. The Morgan fingerprint density at radius 1 is 1.40 bits per heavy atom. The van der Waals surface area contributed by atoms with Crippen LogP contribution in [0.3, 0.4) is 0 Å². The van der Waals surface area contributed by atoms with Gasteiger partial charge in [0.15, 0.2) is 0 Å². The topological polar surface area (TPSA) is 46.9 Å². The second-order valence-corrected chi connectivity index (χ2v) is 4.35. The lowest BCUT2D eigenvalue weighted by molar-refractivity contribution is -0.137. The fourth-order valence-corrected chi connectivity index (χ4v) is 1.69. The average molecular weight is 304 g/mol. The van der Waals surface area contributed by atoms with Gasteiger partial charge in [-0.2, -0.15) is 18.3 Å². The van der Waals surface area contributed by atoms with Gasteiger partial charge in [0.25, 0.3) is 0 Å². The summed E-state index contributed by atoms with van der Waals surface area (Å²) < 4.78 is 39.1. The Kier molecular flexibility index (Phi) is 3.99. The summed E-state index contributed by atoms with van der Waals surface area (Å²) in [5.74, 6) is -0.519. The van der Waals surface area contributed by atoms with Gasteiger partial charge >= 0.3 is 6.18 Å². The maximum Gasteiger partial charge on any atom is 0.416 e. The fourth-order valence-electron chi connectivity index (χ4n) is 1.53. The molecular weight excluding hydrogens is 295 g/mol. The summed E-state index contributed by atoms with van der Waals surface area (Å²) in [6.45, 7) is -0.112. The number of halogens is 4. The van der Waals surface area contributed by atoms with Crippen LogP contribution in [0.25, 0.3) is 0 Å². The zero-order valence-corrected chi connectivity index (χ0v) is 10.7. The highest BCUT2D eigenvalue weighted by atomic mass is 35.5. The molecule has 0 unspecified atom stereocenters. The van der Waals surface area contributed by atoms with E-state index in [1.807, 2.05) is 0 Å². The van der Waals surface area contributed by atoms with Gasteiger partial charge in [-0.05, 0) is 24.3 Å². The molecule has 0 aliphatic carbocycles. The number of nitrogens with one attached hydrogen (secondary N) is 1. The van der Waals surface area contributed by atoms with Crippen molar-refractivity contribution in [3.8, 4) is 0 Å². The number of aromatic nitrogens is 2. The molecule has 20 heavy (non-hydrogen) atoms. The first kappa shape index (κ1) is 14.4. The summed E-state index contributed by atoms with van der Waals surface area (Å²) >= 11 is 5.77. The number of rotatable bonds is 3. The lowest BCUT2D eigenvalue weighted by Gasteiger charge is -2.11. The summed E-state index contributed by atoms with van der Waals surface area (Å²) in [5.41, 5.74) is -0.963. The number of carbonyl (C=O) groups is 1. The molecule has 0 saturated heterocycles. The molecule has 1 amide bonds. The Balaban J connectivity index is 2.14. The number of amides is 1. The number of hydrogen-bond acceptors (Lipinski definition) is 2. The zero-order chi connectivity index (χ0) is 14.8. The second kappa shape index (κ2) is 5.54. The van der Waals surface area contributed by atoms with Gasteiger partial charge in [-0.1, -0.05) is 11.6 Å². The molecule has 2 rings (SSSR count). The number of carbonyl (C=O) groups excluding carboxylic acids is 1. The van der Waals surface area contributed by atoms with E-state index in [9.17, 15) is 18.0 Å². The van der Waals surface area contributed by atoms with Gasteiger partial charge in [-0.25, -0.2) is 0 Å². The van der Waals surface area contributed by atoms with Gasteiger partial charge in [0.1, 0.15) is 6.54 Å². The molecule has 0 aliphatic heterocycles. The number of benzene rings is 1. The molecule has 106 valence electrons. The van der Waals surface area contributed by atoms with E-state index in [-0.39, 0.29) is 17.3 Å². The minimum atomic E-state index is -4.49.